The van der Waals surface area contributed by atoms with E-state index in [9.17, 15) is 10.1 Å². The molecule has 2 atom stereocenters. The van der Waals surface area contributed by atoms with Gasteiger partial charge in [-0.3, -0.25) is 10.1 Å². The van der Waals surface area contributed by atoms with Crippen LogP contribution in [0.1, 0.15) is 38.8 Å². The molecule has 1 fully saturated rings. The second kappa shape index (κ2) is 6.51. The molecule has 1 aromatic rings. The van der Waals surface area contributed by atoms with Gasteiger partial charge < -0.3 is 14.8 Å². The van der Waals surface area contributed by atoms with E-state index < -0.39 is 5.79 Å². The number of hydrogen-bond acceptors (Lipinski definition) is 5. The zero-order chi connectivity index (χ0) is 15.5. The molecule has 0 bridgehead atoms. The quantitative estimate of drug-likeness (QED) is 0.645. The van der Waals surface area contributed by atoms with Crippen LogP contribution in [0.15, 0.2) is 24.3 Å². The van der Waals surface area contributed by atoms with Gasteiger partial charge in [0.25, 0.3) is 5.69 Å². The third-order valence-electron chi connectivity index (χ3n) is 3.55. The van der Waals surface area contributed by atoms with Gasteiger partial charge in [-0.05, 0) is 25.8 Å². The Morgan fingerprint density at radius 1 is 1.52 bits per heavy atom. The van der Waals surface area contributed by atoms with E-state index in [-0.39, 0.29) is 22.8 Å². The zero-order valence-electron chi connectivity index (χ0n) is 12.7. The lowest BCUT2D eigenvalue weighted by Crippen LogP contribution is -2.32. The maximum Gasteiger partial charge on any atom is 0.269 e. The third kappa shape index (κ3) is 4.23. The summed E-state index contributed by atoms with van der Waals surface area (Å²) in [6.07, 6.45) is 0.853. The number of non-ortho nitro benzene ring substituents is 1. The number of ether oxygens (including phenoxy) is 2. The molecule has 0 aliphatic carbocycles. The van der Waals surface area contributed by atoms with Crippen molar-refractivity contribution in [3.8, 4) is 0 Å². The van der Waals surface area contributed by atoms with Crippen LogP contribution in [-0.2, 0) is 9.47 Å². The van der Waals surface area contributed by atoms with E-state index >= 15 is 0 Å². The van der Waals surface area contributed by atoms with Crippen molar-refractivity contribution in [3.05, 3.63) is 39.9 Å². The van der Waals surface area contributed by atoms with E-state index in [2.05, 4.69) is 5.32 Å². The molecule has 1 aliphatic heterocycles. The number of rotatable bonds is 6. The Labute approximate surface area is 124 Å². The van der Waals surface area contributed by atoms with Crippen molar-refractivity contribution in [3.63, 3.8) is 0 Å². The van der Waals surface area contributed by atoms with E-state index in [1.54, 1.807) is 12.1 Å². The molecule has 6 heteroatoms. The summed E-state index contributed by atoms with van der Waals surface area (Å²) in [7, 11) is 0. The van der Waals surface area contributed by atoms with Crippen LogP contribution in [0, 0.1) is 10.1 Å². The summed E-state index contributed by atoms with van der Waals surface area (Å²) in [4.78, 5) is 10.5. The minimum Gasteiger partial charge on any atom is -0.348 e. The van der Waals surface area contributed by atoms with Gasteiger partial charge in [-0.2, -0.15) is 0 Å². The van der Waals surface area contributed by atoms with Gasteiger partial charge in [0.2, 0.25) is 0 Å². The Morgan fingerprint density at radius 3 is 2.86 bits per heavy atom. The highest BCUT2D eigenvalue weighted by atomic mass is 16.7. The first-order valence-corrected chi connectivity index (χ1v) is 7.21. The average Bonchev–Trinajstić information content (AvgIpc) is 2.79. The molecule has 116 valence electrons. The predicted octanol–water partition coefficient (Wildman–Crippen LogP) is 2.79. The van der Waals surface area contributed by atoms with Gasteiger partial charge in [0.1, 0.15) is 0 Å². The number of hydrogen-bond donors (Lipinski definition) is 1. The first-order chi connectivity index (χ1) is 9.91. The highest BCUT2D eigenvalue weighted by Crippen LogP contribution is 2.24. The van der Waals surface area contributed by atoms with Gasteiger partial charge in [-0.25, -0.2) is 0 Å². The molecule has 0 aromatic heterocycles. The first kappa shape index (κ1) is 15.9. The minimum absolute atomic E-state index is 0.00717. The normalized spacial score (nSPS) is 22.1. The Hall–Kier alpha value is -1.50. The maximum absolute atomic E-state index is 10.9. The number of nitrogens with zero attached hydrogens (tertiary/aromatic N) is 1. The molecule has 0 spiro atoms. The molecule has 1 N–H and O–H groups in total. The average molecular weight is 294 g/mol. The van der Waals surface area contributed by atoms with Crippen molar-refractivity contribution in [2.24, 2.45) is 0 Å². The van der Waals surface area contributed by atoms with Crippen LogP contribution in [0.3, 0.4) is 0 Å². The first-order valence-electron chi connectivity index (χ1n) is 7.21. The fraction of sp³-hybridized carbons (Fsp3) is 0.600. The molecule has 1 aliphatic rings. The Balaban J connectivity index is 1.97. The standard InChI is InChI=1S/C15H22N2O4/c1-4-14(11-6-5-7-12(8-11)17(18)19)16-9-13-10-20-15(2,3)21-13/h5-8,13-14,16H,4,9-10H2,1-3H3. The topological polar surface area (TPSA) is 73.6 Å². The molecular weight excluding hydrogens is 272 g/mol. The predicted molar refractivity (Wildman–Crippen MR) is 79.0 cm³/mol. The lowest BCUT2D eigenvalue weighted by molar-refractivity contribution is -0.384. The molecule has 0 amide bonds. The second-order valence-electron chi connectivity index (χ2n) is 5.67. The van der Waals surface area contributed by atoms with Gasteiger partial charge in [-0.15, -0.1) is 0 Å². The number of nitro groups is 1. The van der Waals surface area contributed by atoms with E-state index in [0.29, 0.717) is 13.2 Å². The molecular formula is C15H22N2O4. The van der Waals surface area contributed by atoms with Crippen LogP contribution < -0.4 is 5.32 Å². The van der Waals surface area contributed by atoms with Gasteiger partial charge >= 0.3 is 0 Å². The second-order valence-corrected chi connectivity index (χ2v) is 5.67. The van der Waals surface area contributed by atoms with Crippen molar-refractivity contribution < 1.29 is 14.4 Å². The summed E-state index contributed by atoms with van der Waals surface area (Å²) < 4.78 is 11.3. The lowest BCUT2D eigenvalue weighted by Gasteiger charge is -2.21. The van der Waals surface area contributed by atoms with Crippen molar-refractivity contribution in [2.45, 2.75) is 45.1 Å². The summed E-state index contributed by atoms with van der Waals surface area (Å²) in [5, 5.41) is 14.3. The van der Waals surface area contributed by atoms with Gasteiger partial charge in [0.05, 0.1) is 17.6 Å². The summed E-state index contributed by atoms with van der Waals surface area (Å²) in [5.74, 6) is -0.528. The molecule has 2 unspecified atom stereocenters. The zero-order valence-corrected chi connectivity index (χ0v) is 12.7. The van der Waals surface area contributed by atoms with E-state index in [0.717, 1.165) is 12.0 Å². The SMILES string of the molecule is CCC(NCC1COC(C)(C)O1)c1cccc([N+](=O)[O-])c1. The van der Waals surface area contributed by atoms with Crippen molar-refractivity contribution in [1.29, 1.82) is 0 Å². The monoisotopic (exact) mass is 294 g/mol. The summed E-state index contributed by atoms with van der Waals surface area (Å²) >= 11 is 0. The molecule has 2 rings (SSSR count). The third-order valence-corrected chi connectivity index (χ3v) is 3.55. The van der Waals surface area contributed by atoms with Gasteiger partial charge in [0.15, 0.2) is 5.79 Å². The van der Waals surface area contributed by atoms with Crippen LogP contribution in [-0.4, -0.2) is 30.0 Å². The van der Waals surface area contributed by atoms with E-state index in [1.165, 1.54) is 6.07 Å². The maximum atomic E-state index is 10.9. The van der Waals surface area contributed by atoms with Crippen LogP contribution in [0.5, 0.6) is 0 Å². The van der Waals surface area contributed by atoms with E-state index in [1.807, 2.05) is 26.8 Å². The molecule has 1 heterocycles. The Bertz CT molecular complexity index is 504. The number of benzene rings is 1. The highest BCUT2D eigenvalue weighted by Gasteiger charge is 2.32. The van der Waals surface area contributed by atoms with E-state index in [4.69, 9.17) is 9.47 Å². The van der Waals surface area contributed by atoms with Crippen LogP contribution in [0.4, 0.5) is 5.69 Å². The van der Waals surface area contributed by atoms with Crippen molar-refractivity contribution >= 4 is 5.69 Å². The Kier molecular flexibility index (Phi) is 4.92. The number of nitro benzene ring substituents is 1. The smallest absolute Gasteiger partial charge is 0.269 e. The summed E-state index contributed by atoms with van der Waals surface area (Å²) in [5.41, 5.74) is 1.04. The van der Waals surface area contributed by atoms with Crippen molar-refractivity contribution in [1.82, 2.24) is 5.32 Å². The van der Waals surface area contributed by atoms with Gasteiger partial charge in [-0.1, -0.05) is 19.1 Å². The van der Waals surface area contributed by atoms with Gasteiger partial charge in [0, 0.05) is 24.7 Å². The Morgan fingerprint density at radius 2 is 2.29 bits per heavy atom. The molecule has 1 saturated heterocycles. The minimum atomic E-state index is -0.528. The molecule has 1 aromatic carbocycles. The van der Waals surface area contributed by atoms with Crippen molar-refractivity contribution in [2.75, 3.05) is 13.2 Å². The lowest BCUT2D eigenvalue weighted by atomic mass is 10.0. The van der Waals surface area contributed by atoms with Crippen LogP contribution >= 0.6 is 0 Å². The molecule has 21 heavy (non-hydrogen) atoms. The fourth-order valence-corrected chi connectivity index (χ4v) is 2.49. The fourth-order valence-electron chi connectivity index (χ4n) is 2.49. The highest BCUT2D eigenvalue weighted by molar-refractivity contribution is 5.35. The van der Waals surface area contributed by atoms with Crippen LogP contribution in [0.2, 0.25) is 0 Å². The summed E-state index contributed by atoms with van der Waals surface area (Å²) in [6, 6.07) is 6.82. The number of nitrogens with one attached hydrogen (secondary N) is 1. The van der Waals surface area contributed by atoms with Crippen LogP contribution in [0.25, 0.3) is 0 Å². The largest absolute Gasteiger partial charge is 0.348 e. The molecule has 6 nitrogen and oxygen atoms in total. The summed E-state index contributed by atoms with van der Waals surface area (Å²) in [6.45, 7) is 7.05. The molecule has 0 saturated carbocycles. The molecule has 0 radical (unpaired) electrons.